The molecule has 0 aliphatic heterocycles. The number of anilines is 1. The van der Waals surface area contributed by atoms with Gasteiger partial charge in [-0.25, -0.2) is 9.59 Å². The molecule has 1 heterocycles. The Morgan fingerprint density at radius 1 is 1.47 bits per heavy atom. The number of hydrogen-bond acceptors (Lipinski definition) is 6. The second kappa shape index (κ2) is 5.25. The van der Waals surface area contributed by atoms with E-state index in [0.717, 1.165) is 0 Å². The SMILES string of the molecule is NC(=O)OCCNc1nc2ccc(C(=O)O)cc2o1. The van der Waals surface area contributed by atoms with Crippen molar-refractivity contribution in [3.8, 4) is 0 Å². The van der Waals surface area contributed by atoms with E-state index in [1.165, 1.54) is 12.1 Å². The van der Waals surface area contributed by atoms with Gasteiger partial charge in [0.2, 0.25) is 0 Å². The summed E-state index contributed by atoms with van der Waals surface area (Å²) >= 11 is 0. The normalized spacial score (nSPS) is 10.3. The van der Waals surface area contributed by atoms with E-state index in [-0.39, 0.29) is 24.7 Å². The smallest absolute Gasteiger partial charge is 0.404 e. The molecule has 0 saturated carbocycles. The Morgan fingerprint density at radius 2 is 2.26 bits per heavy atom. The van der Waals surface area contributed by atoms with Gasteiger partial charge in [-0.3, -0.25) is 0 Å². The molecule has 0 saturated heterocycles. The quantitative estimate of drug-likeness (QED) is 0.689. The Balaban J connectivity index is 2.04. The summed E-state index contributed by atoms with van der Waals surface area (Å²) in [5.41, 5.74) is 5.80. The summed E-state index contributed by atoms with van der Waals surface area (Å²) in [6.45, 7) is 0.357. The van der Waals surface area contributed by atoms with Gasteiger partial charge < -0.3 is 25.3 Å². The first-order chi connectivity index (χ1) is 9.06. The first-order valence-electron chi connectivity index (χ1n) is 5.36. The predicted molar refractivity (Wildman–Crippen MR) is 65.0 cm³/mol. The van der Waals surface area contributed by atoms with E-state index in [9.17, 15) is 9.59 Å². The molecule has 0 bridgehead atoms. The molecule has 0 aliphatic rings. The molecule has 0 aliphatic carbocycles. The Morgan fingerprint density at radius 3 is 2.95 bits per heavy atom. The van der Waals surface area contributed by atoms with E-state index in [4.69, 9.17) is 15.3 Å². The lowest BCUT2D eigenvalue weighted by atomic mass is 10.2. The first-order valence-corrected chi connectivity index (χ1v) is 5.36. The van der Waals surface area contributed by atoms with Gasteiger partial charge in [0, 0.05) is 0 Å². The molecule has 2 rings (SSSR count). The maximum atomic E-state index is 10.8. The minimum absolute atomic E-state index is 0.0778. The highest BCUT2D eigenvalue weighted by Gasteiger charge is 2.09. The lowest BCUT2D eigenvalue weighted by molar-refractivity contribution is 0.0697. The van der Waals surface area contributed by atoms with E-state index in [1.54, 1.807) is 6.07 Å². The second-order valence-electron chi connectivity index (χ2n) is 3.60. The topological polar surface area (TPSA) is 128 Å². The highest BCUT2D eigenvalue weighted by Crippen LogP contribution is 2.20. The number of carbonyl (C=O) groups is 2. The van der Waals surface area contributed by atoms with Crippen molar-refractivity contribution in [2.45, 2.75) is 0 Å². The lowest BCUT2D eigenvalue weighted by Crippen LogP contribution is -2.18. The molecule has 4 N–H and O–H groups in total. The number of carboxylic acid groups (broad SMARTS) is 1. The number of nitrogens with zero attached hydrogens (tertiary/aromatic N) is 1. The van der Waals surface area contributed by atoms with Crippen LogP contribution in [0, 0.1) is 0 Å². The van der Waals surface area contributed by atoms with Crippen LogP contribution in [-0.4, -0.2) is 35.3 Å². The van der Waals surface area contributed by atoms with Crippen LogP contribution in [0.2, 0.25) is 0 Å². The molecule has 0 spiro atoms. The zero-order chi connectivity index (χ0) is 13.8. The molecular weight excluding hydrogens is 254 g/mol. The van der Waals surface area contributed by atoms with Gasteiger partial charge in [0.05, 0.1) is 12.1 Å². The average molecular weight is 265 g/mol. The number of benzene rings is 1. The minimum Gasteiger partial charge on any atom is -0.478 e. The Hall–Kier alpha value is -2.77. The molecule has 19 heavy (non-hydrogen) atoms. The molecule has 1 aromatic heterocycles. The van der Waals surface area contributed by atoms with Gasteiger partial charge in [-0.1, -0.05) is 0 Å². The molecule has 0 atom stereocenters. The number of nitrogens with two attached hydrogens (primary N) is 1. The number of amides is 1. The minimum atomic E-state index is -1.04. The van der Waals surface area contributed by atoms with Crippen LogP contribution in [0.1, 0.15) is 10.4 Å². The zero-order valence-corrected chi connectivity index (χ0v) is 9.75. The molecule has 1 amide bonds. The summed E-state index contributed by atoms with van der Waals surface area (Å²) in [5, 5.41) is 11.6. The lowest BCUT2D eigenvalue weighted by Gasteiger charge is -2.00. The summed E-state index contributed by atoms with van der Waals surface area (Å²) in [6.07, 6.45) is -0.856. The number of rotatable bonds is 5. The van der Waals surface area contributed by atoms with Crippen molar-refractivity contribution in [2.75, 3.05) is 18.5 Å². The van der Waals surface area contributed by atoms with Gasteiger partial charge in [0.15, 0.2) is 5.58 Å². The van der Waals surface area contributed by atoms with E-state index < -0.39 is 12.1 Å². The molecule has 0 radical (unpaired) electrons. The van der Waals surface area contributed by atoms with E-state index in [1.807, 2.05) is 0 Å². The Bertz CT molecular complexity index is 622. The predicted octanol–water partition coefficient (Wildman–Crippen LogP) is 1.03. The summed E-state index contributed by atoms with van der Waals surface area (Å²) in [5.74, 6) is -1.04. The van der Waals surface area contributed by atoms with Crippen molar-refractivity contribution in [1.29, 1.82) is 0 Å². The highest BCUT2D eigenvalue weighted by molar-refractivity contribution is 5.92. The number of hydrogen-bond donors (Lipinski definition) is 3. The van der Waals surface area contributed by atoms with Crippen molar-refractivity contribution in [3.05, 3.63) is 23.8 Å². The summed E-state index contributed by atoms with van der Waals surface area (Å²) < 4.78 is 9.83. The maximum absolute atomic E-state index is 10.8. The monoisotopic (exact) mass is 265 g/mol. The molecule has 100 valence electrons. The molecule has 0 fully saturated rings. The molecule has 2 aromatic rings. The van der Waals surface area contributed by atoms with E-state index >= 15 is 0 Å². The van der Waals surface area contributed by atoms with Gasteiger partial charge in [-0.05, 0) is 18.2 Å². The summed E-state index contributed by atoms with van der Waals surface area (Å²) in [4.78, 5) is 25.2. The third kappa shape index (κ3) is 3.12. The molecule has 0 unspecified atom stereocenters. The van der Waals surface area contributed by atoms with Crippen LogP contribution in [0.25, 0.3) is 11.1 Å². The Labute approximate surface area is 107 Å². The fraction of sp³-hybridized carbons (Fsp3) is 0.182. The molecular formula is C11H11N3O5. The number of primary amides is 1. The third-order valence-corrected chi connectivity index (χ3v) is 2.26. The fourth-order valence-electron chi connectivity index (χ4n) is 1.44. The van der Waals surface area contributed by atoms with Crippen molar-refractivity contribution in [1.82, 2.24) is 4.98 Å². The van der Waals surface area contributed by atoms with Crippen molar-refractivity contribution in [3.63, 3.8) is 0 Å². The van der Waals surface area contributed by atoms with Crippen LogP contribution in [-0.2, 0) is 4.74 Å². The number of aromatic carboxylic acids is 1. The van der Waals surface area contributed by atoms with Crippen LogP contribution in [0.3, 0.4) is 0 Å². The first kappa shape index (κ1) is 12.7. The fourth-order valence-corrected chi connectivity index (χ4v) is 1.44. The summed E-state index contributed by atoms with van der Waals surface area (Å²) in [6, 6.07) is 4.58. The van der Waals surface area contributed by atoms with Gasteiger partial charge in [-0.15, -0.1) is 0 Å². The maximum Gasteiger partial charge on any atom is 0.404 e. The van der Waals surface area contributed by atoms with Gasteiger partial charge in [-0.2, -0.15) is 4.98 Å². The van der Waals surface area contributed by atoms with Gasteiger partial charge in [0.1, 0.15) is 12.1 Å². The van der Waals surface area contributed by atoms with E-state index in [0.29, 0.717) is 11.1 Å². The zero-order valence-electron chi connectivity index (χ0n) is 9.75. The Kier molecular flexibility index (Phi) is 3.51. The highest BCUT2D eigenvalue weighted by atomic mass is 16.5. The molecule has 8 heteroatoms. The molecule has 1 aromatic carbocycles. The largest absolute Gasteiger partial charge is 0.478 e. The number of ether oxygens (including phenoxy) is 1. The molecule has 8 nitrogen and oxygen atoms in total. The van der Waals surface area contributed by atoms with Crippen LogP contribution in [0.4, 0.5) is 10.8 Å². The number of carbonyl (C=O) groups excluding carboxylic acids is 1. The average Bonchev–Trinajstić information content (AvgIpc) is 2.75. The van der Waals surface area contributed by atoms with Crippen LogP contribution >= 0.6 is 0 Å². The standard InChI is InChI=1S/C11H11N3O5/c12-10(17)18-4-3-13-11-14-7-2-1-6(9(15)16)5-8(7)19-11/h1-2,5H,3-4H2,(H2,12,17)(H,13,14)(H,15,16). The van der Waals surface area contributed by atoms with Crippen molar-refractivity contribution >= 4 is 29.2 Å². The number of carboxylic acids is 1. The van der Waals surface area contributed by atoms with Crippen LogP contribution in [0.5, 0.6) is 0 Å². The van der Waals surface area contributed by atoms with Crippen LogP contribution < -0.4 is 11.1 Å². The van der Waals surface area contributed by atoms with Gasteiger partial charge >= 0.3 is 12.1 Å². The second-order valence-corrected chi connectivity index (χ2v) is 3.60. The number of nitrogens with one attached hydrogen (secondary N) is 1. The van der Waals surface area contributed by atoms with Crippen molar-refractivity contribution < 1.29 is 23.8 Å². The number of aromatic nitrogens is 1. The summed E-state index contributed by atoms with van der Waals surface area (Å²) in [7, 11) is 0. The third-order valence-electron chi connectivity index (χ3n) is 2.26. The number of fused-ring (bicyclic) bond motifs is 1. The van der Waals surface area contributed by atoms with E-state index in [2.05, 4.69) is 15.0 Å². The van der Waals surface area contributed by atoms with Crippen molar-refractivity contribution in [2.24, 2.45) is 5.73 Å². The van der Waals surface area contributed by atoms with Gasteiger partial charge in [0.25, 0.3) is 6.01 Å². The van der Waals surface area contributed by atoms with Crippen LogP contribution in [0.15, 0.2) is 22.6 Å². The number of oxazole rings is 1.